The number of likely N-dealkylation sites (tertiary alicyclic amines) is 1. The summed E-state index contributed by atoms with van der Waals surface area (Å²) in [6.45, 7) is 11.2. The molecule has 4 saturated heterocycles. The summed E-state index contributed by atoms with van der Waals surface area (Å²) >= 11 is 0. The summed E-state index contributed by atoms with van der Waals surface area (Å²) in [6.07, 6.45) is 15.8. The van der Waals surface area contributed by atoms with Crippen molar-refractivity contribution in [2.75, 3.05) is 26.3 Å². The normalized spacial score (nSPS) is 35.0. The van der Waals surface area contributed by atoms with Crippen LogP contribution in [0.3, 0.4) is 0 Å². The first-order valence-electron chi connectivity index (χ1n) is 14.4. The average Bonchev–Trinajstić information content (AvgIpc) is 3.65. The van der Waals surface area contributed by atoms with Crippen LogP contribution in [-0.4, -0.2) is 79.3 Å². The zero-order chi connectivity index (χ0) is 27.1. The Morgan fingerprint density at radius 3 is 2.68 bits per heavy atom. The third-order valence-electron chi connectivity index (χ3n) is 8.23. The monoisotopic (exact) mass is 530 g/mol. The summed E-state index contributed by atoms with van der Waals surface area (Å²) < 4.78 is 23.3. The van der Waals surface area contributed by atoms with Crippen molar-refractivity contribution in [3.63, 3.8) is 0 Å². The van der Waals surface area contributed by atoms with Gasteiger partial charge in [-0.3, -0.25) is 4.79 Å². The molecule has 0 aromatic rings. The number of nitrogens with one attached hydrogen (secondary N) is 1. The van der Waals surface area contributed by atoms with Crippen LogP contribution in [0, 0.1) is 5.92 Å². The van der Waals surface area contributed by atoms with Gasteiger partial charge in [0.05, 0.1) is 43.2 Å². The first-order chi connectivity index (χ1) is 18.2. The highest BCUT2D eigenvalue weighted by Crippen LogP contribution is 2.39. The van der Waals surface area contributed by atoms with Gasteiger partial charge in [0.2, 0.25) is 5.91 Å². The molecule has 4 aliphatic rings. The quantitative estimate of drug-likeness (QED) is 0.278. The zero-order valence-corrected chi connectivity index (χ0v) is 23.5. The average molecular weight is 531 g/mol. The van der Waals surface area contributed by atoms with Gasteiger partial charge in [0.15, 0.2) is 0 Å². The SMILES string of the molecule is CC(/C=C/C1CC2(CCO1)CO2)=C\CC1OC(C)C(NC(=O)/C=C\C(C)OC(=O)N2CCCCC2)CC1C. The molecule has 38 heavy (non-hydrogen) atoms. The lowest BCUT2D eigenvalue weighted by atomic mass is 9.88. The Balaban J connectivity index is 1.17. The molecule has 0 aliphatic carbocycles. The van der Waals surface area contributed by atoms with Crippen molar-refractivity contribution >= 4 is 12.0 Å². The Morgan fingerprint density at radius 1 is 1.18 bits per heavy atom. The van der Waals surface area contributed by atoms with Crippen LogP contribution in [0.4, 0.5) is 4.79 Å². The van der Waals surface area contributed by atoms with Crippen molar-refractivity contribution in [1.29, 1.82) is 0 Å². The van der Waals surface area contributed by atoms with Gasteiger partial charge in [-0.1, -0.05) is 30.7 Å². The number of piperidine rings is 1. The minimum atomic E-state index is -0.463. The van der Waals surface area contributed by atoms with Crippen LogP contribution in [-0.2, 0) is 23.7 Å². The first-order valence-corrected chi connectivity index (χ1v) is 14.4. The van der Waals surface area contributed by atoms with Gasteiger partial charge in [-0.2, -0.15) is 0 Å². The number of allylic oxidation sites excluding steroid dienone is 2. The molecule has 2 amide bonds. The van der Waals surface area contributed by atoms with E-state index in [1.807, 2.05) is 6.92 Å². The second-order valence-electron chi connectivity index (χ2n) is 11.6. The zero-order valence-electron chi connectivity index (χ0n) is 23.5. The highest BCUT2D eigenvalue weighted by molar-refractivity contribution is 5.87. The number of hydrogen-bond acceptors (Lipinski definition) is 6. The Hall–Kier alpha value is -2.16. The minimum Gasteiger partial charge on any atom is -0.442 e. The molecule has 7 unspecified atom stereocenters. The largest absolute Gasteiger partial charge is 0.442 e. The molecule has 212 valence electrons. The number of carbonyl (C=O) groups excluding carboxylic acids is 2. The Labute approximate surface area is 227 Å². The Bertz CT molecular complexity index is 904. The summed E-state index contributed by atoms with van der Waals surface area (Å²) in [5, 5.41) is 3.07. The topological polar surface area (TPSA) is 89.6 Å². The number of ether oxygens (including phenoxy) is 4. The molecule has 8 nitrogen and oxygen atoms in total. The predicted octanol–water partition coefficient (Wildman–Crippen LogP) is 4.69. The maximum atomic E-state index is 12.6. The third kappa shape index (κ3) is 8.42. The van der Waals surface area contributed by atoms with E-state index < -0.39 is 6.10 Å². The van der Waals surface area contributed by atoms with E-state index in [-0.39, 0.29) is 42.0 Å². The van der Waals surface area contributed by atoms with Crippen LogP contribution in [0.1, 0.15) is 72.6 Å². The molecule has 8 heteroatoms. The highest BCUT2D eigenvalue weighted by Gasteiger charge is 2.48. The summed E-state index contributed by atoms with van der Waals surface area (Å²) in [7, 11) is 0. The second kappa shape index (κ2) is 13.3. The van der Waals surface area contributed by atoms with Crippen LogP contribution in [0.15, 0.2) is 36.0 Å². The van der Waals surface area contributed by atoms with E-state index >= 15 is 0 Å². The van der Waals surface area contributed by atoms with E-state index in [1.54, 1.807) is 17.9 Å². The molecule has 0 saturated carbocycles. The molecular weight excluding hydrogens is 484 g/mol. The molecule has 0 bridgehead atoms. The number of rotatable bonds is 8. The maximum absolute atomic E-state index is 12.6. The number of amides is 2. The van der Waals surface area contributed by atoms with Crippen molar-refractivity contribution in [3.05, 3.63) is 36.0 Å². The van der Waals surface area contributed by atoms with Crippen LogP contribution in [0.2, 0.25) is 0 Å². The summed E-state index contributed by atoms with van der Waals surface area (Å²) in [6, 6.07) is -0.0602. The van der Waals surface area contributed by atoms with Gasteiger partial charge in [-0.15, -0.1) is 0 Å². The van der Waals surface area contributed by atoms with Crippen LogP contribution in [0.5, 0.6) is 0 Å². The van der Waals surface area contributed by atoms with E-state index in [2.05, 4.69) is 37.4 Å². The van der Waals surface area contributed by atoms with Crippen LogP contribution >= 0.6 is 0 Å². The number of nitrogens with zero attached hydrogens (tertiary/aromatic N) is 1. The van der Waals surface area contributed by atoms with Crippen molar-refractivity contribution in [1.82, 2.24) is 10.2 Å². The maximum Gasteiger partial charge on any atom is 0.410 e. The lowest BCUT2D eigenvalue weighted by Gasteiger charge is -2.39. The Morgan fingerprint density at radius 2 is 1.95 bits per heavy atom. The number of hydrogen-bond donors (Lipinski definition) is 1. The third-order valence-corrected chi connectivity index (χ3v) is 8.23. The van der Waals surface area contributed by atoms with Gasteiger partial charge >= 0.3 is 6.09 Å². The van der Waals surface area contributed by atoms with Crippen LogP contribution in [0.25, 0.3) is 0 Å². The minimum absolute atomic E-state index is 0.0602. The van der Waals surface area contributed by atoms with Crippen molar-refractivity contribution in [2.45, 2.75) is 109 Å². The fraction of sp³-hybridized carbons (Fsp3) is 0.733. The fourth-order valence-electron chi connectivity index (χ4n) is 5.56. The van der Waals surface area contributed by atoms with E-state index in [4.69, 9.17) is 18.9 Å². The smallest absolute Gasteiger partial charge is 0.410 e. The number of carbonyl (C=O) groups is 2. The molecule has 0 aromatic heterocycles. The van der Waals surface area contributed by atoms with E-state index in [0.29, 0.717) is 5.92 Å². The highest BCUT2D eigenvalue weighted by atomic mass is 16.6. The van der Waals surface area contributed by atoms with E-state index in [0.717, 1.165) is 71.2 Å². The first kappa shape index (κ1) is 28.8. The number of epoxide rings is 1. The molecule has 1 spiro atoms. The molecule has 4 fully saturated rings. The van der Waals surface area contributed by atoms with E-state index in [1.165, 1.54) is 11.6 Å². The van der Waals surface area contributed by atoms with E-state index in [9.17, 15) is 9.59 Å². The van der Waals surface area contributed by atoms with Gasteiger partial charge in [0.1, 0.15) is 6.10 Å². The molecule has 7 atom stereocenters. The van der Waals surface area contributed by atoms with Crippen LogP contribution < -0.4 is 5.32 Å². The van der Waals surface area contributed by atoms with Gasteiger partial charge in [0.25, 0.3) is 0 Å². The molecule has 4 aliphatic heterocycles. The van der Waals surface area contributed by atoms with Crippen molar-refractivity contribution in [2.24, 2.45) is 5.92 Å². The molecule has 4 heterocycles. The van der Waals surface area contributed by atoms with Crippen molar-refractivity contribution in [3.8, 4) is 0 Å². The molecule has 1 N–H and O–H groups in total. The molecular formula is C30H46N2O6. The van der Waals surface area contributed by atoms with Crippen molar-refractivity contribution < 1.29 is 28.5 Å². The molecule has 0 radical (unpaired) electrons. The lowest BCUT2D eigenvalue weighted by Crippen LogP contribution is -2.50. The Kier molecular flexibility index (Phi) is 10.1. The summed E-state index contributed by atoms with van der Waals surface area (Å²) in [4.78, 5) is 26.5. The second-order valence-corrected chi connectivity index (χ2v) is 11.6. The molecule has 4 rings (SSSR count). The summed E-state index contributed by atoms with van der Waals surface area (Å²) in [5.74, 6) is 0.118. The van der Waals surface area contributed by atoms with Gasteiger partial charge in [-0.05, 0) is 64.9 Å². The lowest BCUT2D eigenvalue weighted by molar-refractivity contribution is -0.123. The molecule has 0 aromatic carbocycles. The van der Waals surface area contributed by atoms with Gasteiger partial charge < -0.3 is 29.2 Å². The fourth-order valence-corrected chi connectivity index (χ4v) is 5.56. The predicted molar refractivity (Wildman–Crippen MR) is 146 cm³/mol. The summed E-state index contributed by atoms with van der Waals surface area (Å²) in [5.41, 5.74) is 1.29. The van der Waals surface area contributed by atoms with Gasteiger partial charge in [0, 0.05) is 32.0 Å². The standard InChI is InChI=1S/C30H46N2O6/c1-21(8-11-25-19-30(20-36-30)14-17-35-25)9-12-27-22(2)18-26(24(4)38-27)31-28(33)13-10-23(3)37-29(34)32-15-6-5-7-16-32/h8-11,13,22-27H,5-7,12,14-20H2,1-4H3,(H,31,33)/b11-8+,13-10-,21-9+. The van der Waals surface area contributed by atoms with Gasteiger partial charge in [-0.25, -0.2) is 4.79 Å².